The normalized spacial score (nSPS) is 34.4. The van der Waals surface area contributed by atoms with Gasteiger partial charge in [0, 0.05) is 24.0 Å². The number of allylic oxidation sites excluding steroid dienone is 3. The molecule has 0 amide bonds. The first-order valence-corrected chi connectivity index (χ1v) is 5.90. The van der Waals surface area contributed by atoms with Gasteiger partial charge in [0.2, 0.25) is 0 Å². The molecule has 2 aliphatic rings. The van der Waals surface area contributed by atoms with E-state index in [9.17, 15) is 0 Å². The molecule has 0 aromatic rings. The Morgan fingerprint density at radius 3 is 3.19 bits per heavy atom. The Bertz CT molecular complexity index is 333. The largest absolute Gasteiger partial charge is 0.395 e. The van der Waals surface area contributed by atoms with Crippen molar-refractivity contribution in [3.63, 3.8) is 0 Å². The monoisotopic (exact) mass is 220 g/mol. The minimum Gasteiger partial charge on any atom is -0.395 e. The van der Waals surface area contributed by atoms with Gasteiger partial charge in [-0.15, -0.1) is 0 Å². The second-order valence-corrected chi connectivity index (χ2v) is 4.65. The van der Waals surface area contributed by atoms with Gasteiger partial charge >= 0.3 is 0 Å². The molecule has 4 atom stereocenters. The fraction of sp³-hybridized carbons (Fsp3) is 0.538. The second-order valence-electron chi connectivity index (χ2n) is 4.65. The maximum absolute atomic E-state index is 9.09. The molecule has 4 unspecified atom stereocenters. The third-order valence-electron chi connectivity index (χ3n) is 3.33. The molecule has 2 aliphatic carbocycles. The Morgan fingerprint density at radius 2 is 2.44 bits per heavy atom. The molecule has 0 radical (unpaired) electrons. The van der Waals surface area contributed by atoms with Gasteiger partial charge in [0.25, 0.3) is 0 Å². The van der Waals surface area contributed by atoms with E-state index in [1.54, 1.807) is 0 Å². The highest BCUT2D eigenvalue weighted by Crippen LogP contribution is 2.30. The first-order valence-electron chi connectivity index (χ1n) is 5.90. The minimum absolute atomic E-state index is 0.0772. The fourth-order valence-electron chi connectivity index (χ4n) is 2.50. The highest BCUT2D eigenvalue weighted by atomic mass is 16.3. The van der Waals surface area contributed by atoms with Crippen molar-refractivity contribution in [2.75, 3.05) is 6.61 Å². The van der Waals surface area contributed by atoms with E-state index in [1.807, 2.05) is 19.1 Å². The van der Waals surface area contributed by atoms with Crippen molar-refractivity contribution in [1.82, 2.24) is 5.32 Å². The molecule has 0 spiro atoms. The predicted molar refractivity (Wildman–Crippen MR) is 65.9 cm³/mol. The lowest BCUT2D eigenvalue weighted by atomic mass is 9.77. The summed E-state index contributed by atoms with van der Waals surface area (Å²) in [6.07, 6.45) is 11.5. The van der Waals surface area contributed by atoms with Crippen LogP contribution in [0, 0.1) is 5.92 Å². The summed E-state index contributed by atoms with van der Waals surface area (Å²) in [6.45, 7) is 2.16. The van der Waals surface area contributed by atoms with Crippen LogP contribution < -0.4 is 11.1 Å². The molecule has 16 heavy (non-hydrogen) atoms. The van der Waals surface area contributed by atoms with Crippen molar-refractivity contribution < 1.29 is 5.11 Å². The molecule has 0 heterocycles. The van der Waals surface area contributed by atoms with E-state index >= 15 is 0 Å². The van der Waals surface area contributed by atoms with Crippen LogP contribution in [0.1, 0.15) is 13.3 Å². The van der Waals surface area contributed by atoms with Gasteiger partial charge in [-0.1, -0.05) is 30.4 Å². The van der Waals surface area contributed by atoms with Crippen LogP contribution in [0.3, 0.4) is 0 Å². The van der Waals surface area contributed by atoms with Gasteiger partial charge in [-0.05, 0) is 18.9 Å². The number of nitrogens with two attached hydrogens (primary N) is 1. The third kappa shape index (κ3) is 2.26. The van der Waals surface area contributed by atoms with E-state index in [-0.39, 0.29) is 18.7 Å². The van der Waals surface area contributed by atoms with Crippen LogP contribution in [0.4, 0.5) is 0 Å². The predicted octanol–water partition coefficient (Wildman–Crippen LogP) is 0.725. The van der Waals surface area contributed by atoms with Crippen molar-refractivity contribution in [1.29, 1.82) is 0 Å². The summed E-state index contributed by atoms with van der Waals surface area (Å²) in [4.78, 5) is 0. The second kappa shape index (κ2) is 4.95. The SMILES string of the molecule is CC(CO)NC1CC=CC2=CC=CC(N)C21. The molecule has 0 saturated heterocycles. The first kappa shape index (κ1) is 11.6. The van der Waals surface area contributed by atoms with Gasteiger partial charge in [-0.2, -0.15) is 0 Å². The summed E-state index contributed by atoms with van der Waals surface area (Å²) >= 11 is 0. The highest BCUT2D eigenvalue weighted by Gasteiger charge is 2.31. The summed E-state index contributed by atoms with van der Waals surface area (Å²) in [6, 6.07) is 0.530. The average molecular weight is 220 g/mol. The smallest absolute Gasteiger partial charge is 0.0582 e. The highest BCUT2D eigenvalue weighted by molar-refractivity contribution is 5.37. The van der Waals surface area contributed by atoms with Gasteiger partial charge in [-0.25, -0.2) is 0 Å². The van der Waals surface area contributed by atoms with Gasteiger partial charge < -0.3 is 16.2 Å². The molecule has 0 bridgehead atoms. The average Bonchev–Trinajstić information content (AvgIpc) is 2.29. The number of aliphatic hydroxyl groups is 1. The maximum atomic E-state index is 9.09. The molecule has 4 N–H and O–H groups in total. The van der Waals surface area contributed by atoms with Gasteiger partial charge in [0.15, 0.2) is 0 Å². The van der Waals surface area contributed by atoms with Crippen molar-refractivity contribution in [3.05, 3.63) is 36.0 Å². The minimum atomic E-state index is 0.0772. The Labute approximate surface area is 96.7 Å². The Hall–Kier alpha value is -0.900. The van der Waals surface area contributed by atoms with Crippen LogP contribution in [-0.2, 0) is 0 Å². The number of fused-ring (bicyclic) bond motifs is 1. The lowest BCUT2D eigenvalue weighted by molar-refractivity contribution is 0.225. The Kier molecular flexibility index (Phi) is 3.59. The lowest BCUT2D eigenvalue weighted by Crippen LogP contribution is -2.50. The molecule has 0 fully saturated rings. The zero-order valence-corrected chi connectivity index (χ0v) is 9.63. The molecule has 3 nitrogen and oxygen atoms in total. The summed E-state index contributed by atoms with van der Waals surface area (Å²) < 4.78 is 0. The van der Waals surface area contributed by atoms with Crippen LogP contribution in [0.15, 0.2) is 36.0 Å². The van der Waals surface area contributed by atoms with E-state index in [1.165, 1.54) is 5.57 Å². The van der Waals surface area contributed by atoms with Crippen LogP contribution in [0.5, 0.6) is 0 Å². The van der Waals surface area contributed by atoms with Crippen LogP contribution >= 0.6 is 0 Å². The summed E-state index contributed by atoms with van der Waals surface area (Å²) in [5.74, 6) is 0.337. The molecular formula is C13H20N2O. The topological polar surface area (TPSA) is 58.3 Å². The standard InChI is InChI=1S/C13H20N2O/c1-9(8-16)15-12-7-3-5-10-4-2-6-11(14)13(10)12/h2-6,9,11-13,15-16H,7-8,14H2,1H3. The summed E-state index contributed by atoms with van der Waals surface area (Å²) in [5, 5.41) is 12.5. The van der Waals surface area contributed by atoms with Gasteiger partial charge in [0.05, 0.1) is 6.61 Å². The van der Waals surface area contributed by atoms with Gasteiger partial charge in [-0.3, -0.25) is 0 Å². The molecule has 0 aliphatic heterocycles. The molecule has 0 aromatic heterocycles. The maximum Gasteiger partial charge on any atom is 0.0582 e. The molecule has 0 aromatic carbocycles. The number of aliphatic hydroxyl groups excluding tert-OH is 1. The quantitative estimate of drug-likeness (QED) is 0.657. The molecular weight excluding hydrogens is 200 g/mol. The lowest BCUT2D eigenvalue weighted by Gasteiger charge is -2.37. The van der Waals surface area contributed by atoms with Crippen molar-refractivity contribution >= 4 is 0 Å². The summed E-state index contributed by atoms with van der Waals surface area (Å²) in [7, 11) is 0. The third-order valence-corrected chi connectivity index (χ3v) is 3.33. The van der Waals surface area contributed by atoms with Crippen molar-refractivity contribution in [2.24, 2.45) is 11.7 Å². The Morgan fingerprint density at radius 1 is 1.62 bits per heavy atom. The van der Waals surface area contributed by atoms with Crippen LogP contribution in [0.2, 0.25) is 0 Å². The Balaban J connectivity index is 2.13. The van der Waals surface area contributed by atoms with E-state index < -0.39 is 0 Å². The van der Waals surface area contributed by atoms with E-state index in [0.717, 1.165) is 6.42 Å². The number of hydrogen-bond donors (Lipinski definition) is 3. The molecule has 3 heteroatoms. The zero-order chi connectivity index (χ0) is 11.5. The fourth-order valence-corrected chi connectivity index (χ4v) is 2.50. The molecule has 88 valence electrons. The van der Waals surface area contributed by atoms with E-state index in [2.05, 4.69) is 23.5 Å². The number of hydrogen-bond acceptors (Lipinski definition) is 3. The van der Waals surface area contributed by atoms with Gasteiger partial charge in [0.1, 0.15) is 0 Å². The van der Waals surface area contributed by atoms with Crippen LogP contribution in [-0.4, -0.2) is 29.8 Å². The van der Waals surface area contributed by atoms with Crippen LogP contribution in [0.25, 0.3) is 0 Å². The molecule has 0 saturated carbocycles. The zero-order valence-electron chi connectivity index (χ0n) is 9.63. The molecule has 2 rings (SSSR count). The van der Waals surface area contributed by atoms with E-state index in [0.29, 0.717) is 12.0 Å². The number of rotatable bonds is 3. The van der Waals surface area contributed by atoms with Crippen molar-refractivity contribution in [3.8, 4) is 0 Å². The number of nitrogens with one attached hydrogen (secondary N) is 1. The van der Waals surface area contributed by atoms with Crippen molar-refractivity contribution in [2.45, 2.75) is 31.5 Å². The first-order chi connectivity index (χ1) is 7.72. The van der Waals surface area contributed by atoms with E-state index in [4.69, 9.17) is 10.8 Å². The summed E-state index contributed by atoms with van der Waals surface area (Å²) in [5.41, 5.74) is 7.43.